The summed E-state index contributed by atoms with van der Waals surface area (Å²) >= 11 is 0. The van der Waals surface area contributed by atoms with Crippen LogP contribution in [0.4, 0.5) is 0 Å². The summed E-state index contributed by atoms with van der Waals surface area (Å²) < 4.78 is 11.0. The molecule has 0 bridgehead atoms. The summed E-state index contributed by atoms with van der Waals surface area (Å²) in [7, 11) is 0. The molecule has 0 aromatic heterocycles. The fourth-order valence-corrected chi connectivity index (χ4v) is 3.10. The van der Waals surface area contributed by atoms with Crippen LogP contribution >= 0.6 is 0 Å². The molecular formula is C26H26O4. The summed E-state index contributed by atoms with van der Waals surface area (Å²) in [5.41, 5.74) is 4.41. The highest BCUT2D eigenvalue weighted by molar-refractivity contribution is 5.72. The molecule has 0 heterocycles. The molecule has 0 spiro atoms. The molecule has 3 aromatic rings. The minimum Gasteiger partial charge on any atom is -0.490 e. The molecule has 0 aliphatic rings. The van der Waals surface area contributed by atoms with Crippen LogP contribution in [0.3, 0.4) is 0 Å². The van der Waals surface area contributed by atoms with E-state index in [2.05, 4.69) is 36.4 Å². The number of carbonyl (C=O) groups is 1. The Labute approximate surface area is 177 Å². The van der Waals surface area contributed by atoms with Gasteiger partial charge < -0.3 is 14.6 Å². The second-order valence-electron chi connectivity index (χ2n) is 6.83. The predicted molar refractivity (Wildman–Crippen MR) is 120 cm³/mol. The second kappa shape index (κ2) is 11.0. The van der Waals surface area contributed by atoms with Gasteiger partial charge in [-0.25, -0.2) is 4.79 Å². The van der Waals surface area contributed by atoms with Crippen LogP contribution in [0.25, 0.3) is 17.2 Å². The van der Waals surface area contributed by atoms with Crippen LogP contribution in [-0.2, 0) is 16.0 Å². The molecule has 4 heteroatoms. The van der Waals surface area contributed by atoms with E-state index < -0.39 is 12.1 Å². The van der Waals surface area contributed by atoms with Gasteiger partial charge in [-0.05, 0) is 47.4 Å². The first-order valence-corrected chi connectivity index (χ1v) is 10.0. The van der Waals surface area contributed by atoms with E-state index in [1.54, 1.807) is 6.92 Å². The summed E-state index contributed by atoms with van der Waals surface area (Å²) in [6, 6.07) is 26.1. The van der Waals surface area contributed by atoms with Crippen molar-refractivity contribution in [1.29, 1.82) is 0 Å². The quantitative estimate of drug-likeness (QED) is 0.488. The third kappa shape index (κ3) is 6.33. The maximum atomic E-state index is 11.2. The number of carboxylic acids is 1. The van der Waals surface area contributed by atoms with Gasteiger partial charge in [-0.15, -0.1) is 0 Å². The lowest BCUT2D eigenvalue weighted by Crippen LogP contribution is -2.26. The highest BCUT2D eigenvalue weighted by atomic mass is 16.5. The van der Waals surface area contributed by atoms with Gasteiger partial charge in [0.2, 0.25) is 0 Å². The Kier molecular flexibility index (Phi) is 7.81. The van der Waals surface area contributed by atoms with E-state index in [0.29, 0.717) is 19.6 Å². The molecule has 1 N–H and O–H groups in total. The first kappa shape index (κ1) is 21.3. The van der Waals surface area contributed by atoms with Crippen LogP contribution in [-0.4, -0.2) is 30.4 Å². The van der Waals surface area contributed by atoms with Gasteiger partial charge in [0, 0.05) is 13.0 Å². The van der Waals surface area contributed by atoms with E-state index in [1.807, 2.05) is 54.6 Å². The standard InChI is InChI=1S/C26H26O4/c1-2-29-25(26(27)28)19-21-12-16-24(17-13-21)30-18-6-7-20-10-14-23(15-11-20)22-8-4-3-5-9-22/h3-17,25H,2,18-19H2,1H3,(H,27,28)/t25-/m1/s1. The number of hydrogen-bond donors (Lipinski definition) is 1. The number of carboxylic acid groups (broad SMARTS) is 1. The zero-order valence-corrected chi connectivity index (χ0v) is 17.0. The van der Waals surface area contributed by atoms with Gasteiger partial charge in [0.1, 0.15) is 12.4 Å². The first-order chi connectivity index (χ1) is 14.7. The molecule has 3 aromatic carbocycles. The summed E-state index contributed by atoms with van der Waals surface area (Å²) in [4.78, 5) is 11.2. The molecule has 4 nitrogen and oxygen atoms in total. The average molecular weight is 402 g/mol. The zero-order valence-electron chi connectivity index (χ0n) is 17.0. The summed E-state index contributed by atoms with van der Waals surface area (Å²) in [6.45, 7) is 2.62. The van der Waals surface area contributed by atoms with Crippen molar-refractivity contribution in [3.05, 3.63) is 96.1 Å². The van der Waals surface area contributed by atoms with Crippen LogP contribution in [0.2, 0.25) is 0 Å². The Bertz CT molecular complexity index is 945. The molecule has 0 aliphatic carbocycles. The van der Waals surface area contributed by atoms with E-state index in [4.69, 9.17) is 9.47 Å². The van der Waals surface area contributed by atoms with Crippen molar-refractivity contribution in [1.82, 2.24) is 0 Å². The van der Waals surface area contributed by atoms with Crippen LogP contribution in [0.1, 0.15) is 18.1 Å². The maximum Gasteiger partial charge on any atom is 0.333 e. The number of ether oxygens (including phenoxy) is 2. The van der Waals surface area contributed by atoms with Gasteiger partial charge in [0.05, 0.1) is 0 Å². The van der Waals surface area contributed by atoms with Crippen molar-refractivity contribution in [2.24, 2.45) is 0 Å². The molecule has 30 heavy (non-hydrogen) atoms. The van der Waals surface area contributed by atoms with Crippen molar-refractivity contribution < 1.29 is 19.4 Å². The summed E-state index contributed by atoms with van der Waals surface area (Å²) in [5, 5.41) is 9.17. The Morgan fingerprint density at radius 3 is 2.23 bits per heavy atom. The number of benzene rings is 3. The molecule has 0 amide bonds. The zero-order chi connectivity index (χ0) is 21.2. The van der Waals surface area contributed by atoms with Crippen LogP contribution in [0.5, 0.6) is 5.75 Å². The van der Waals surface area contributed by atoms with Gasteiger partial charge in [-0.1, -0.05) is 72.8 Å². The first-order valence-electron chi connectivity index (χ1n) is 10.0. The van der Waals surface area contributed by atoms with Gasteiger partial charge >= 0.3 is 5.97 Å². The van der Waals surface area contributed by atoms with Crippen molar-refractivity contribution in [3.63, 3.8) is 0 Å². The molecule has 0 fully saturated rings. The molecule has 154 valence electrons. The number of rotatable bonds is 10. The van der Waals surface area contributed by atoms with Gasteiger partial charge in [-0.3, -0.25) is 0 Å². The molecule has 0 unspecified atom stereocenters. The van der Waals surface area contributed by atoms with E-state index in [1.165, 1.54) is 11.1 Å². The molecule has 0 saturated heterocycles. The predicted octanol–water partition coefficient (Wildman–Crippen LogP) is 5.48. The molecule has 3 rings (SSSR count). The minimum absolute atomic E-state index is 0.336. The largest absolute Gasteiger partial charge is 0.490 e. The molecule has 1 atom stereocenters. The topological polar surface area (TPSA) is 55.8 Å². The lowest BCUT2D eigenvalue weighted by molar-refractivity contribution is -0.149. The van der Waals surface area contributed by atoms with E-state index in [0.717, 1.165) is 16.9 Å². The normalized spacial score (nSPS) is 12.0. The van der Waals surface area contributed by atoms with E-state index >= 15 is 0 Å². The van der Waals surface area contributed by atoms with Crippen LogP contribution in [0, 0.1) is 0 Å². The number of hydrogen-bond acceptors (Lipinski definition) is 3. The van der Waals surface area contributed by atoms with E-state index in [9.17, 15) is 9.90 Å². The third-order valence-electron chi connectivity index (χ3n) is 4.66. The second-order valence-corrected chi connectivity index (χ2v) is 6.83. The molecular weight excluding hydrogens is 376 g/mol. The lowest BCUT2D eigenvalue weighted by atomic mass is 10.0. The molecule has 0 aliphatic heterocycles. The fraction of sp³-hybridized carbons (Fsp3) is 0.192. The monoisotopic (exact) mass is 402 g/mol. The Hall–Kier alpha value is -3.37. The fourth-order valence-electron chi connectivity index (χ4n) is 3.10. The van der Waals surface area contributed by atoms with Crippen molar-refractivity contribution in [2.75, 3.05) is 13.2 Å². The van der Waals surface area contributed by atoms with Crippen LogP contribution in [0.15, 0.2) is 84.9 Å². The molecule has 0 radical (unpaired) electrons. The maximum absolute atomic E-state index is 11.2. The van der Waals surface area contributed by atoms with Crippen LogP contribution < -0.4 is 4.74 Å². The third-order valence-corrected chi connectivity index (χ3v) is 4.66. The van der Waals surface area contributed by atoms with Gasteiger partial charge in [-0.2, -0.15) is 0 Å². The average Bonchev–Trinajstić information content (AvgIpc) is 2.78. The minimum atomic E-state index is -0.945. The van der Waals surface area contributed by atoms with Crippen molar-refractivity contribution in [2.45, 2.75) is 19.4 Å². The van der Waals surface area contributed by atoms with E-state index in [-0.39, 0.29) is 0 Å². The summed E-state index contributed by atoms with van der Waals surface area (Å²) in [6.07, 6.45) is 3.52. The Balaban J connectivity index is 1.49. The highest BCUT2D eigenvalue weighted by Gasteiger charge is 2.17. The Morgan fingerprint density at radius 1 is 0.933 bits per heavy atom. The highest BCUT2D eigenvalue weighted by Crippen LogP contribution is 2.20. The van der Waals surface area contributed by atoms with Gasteiger partial charge in [0.15, 0.2) is 6.10 Å². The van der Waals surface area contributed by atoms with Crippen molar-refractivity contribution >= 4 is 12.0 Å². The number of aliphatic carboxylic acids is 1. The smallest absolute Gasteiger partial charge is 0.333 e. The SMILES string of the molecule is CCO[C@H](Cc1ccc(OCC=Cc2ccc(-c3ccccc3)cc2)cc1)C(=O)O. The van der Waals surface area contributed by atoms with Crippen molar-refractivity contribution in [3.8, 4) is 16.9 Å². The summed E-state index contributed by atoms with van der Waals surface area (Å²) in [5.74, 6) is -0.203. The molecule has 0 saturated carbocycles. The Morgan fingerprint density at radius 2 is 1.60 bits per heavy atom. The lowest BCUT2D eigenvalue weighted by Gasteiger charge is -2.12. The van der Waals surface area contributed by atoms with Gasteiger partial charge in [0.25, 0.3) is 0 Å².